The van der Waals surface area contributed by atoms with Crippen LogP contribution in [0.5, 0.6) is 0 Å². The lowest BCUT2D eigenvalue weighted by Crippen LogP contribution is -2.58. The summed E-state index contributed by atoms with van der Waals surface area (Å²) in [6.45, 7) is 6.04. The highest BCUT2D eigenvalue weighted by atomic mass is 35.5. The van der Waals surface area contributed by atoms with Crippen molar-refractivity contribution >= 4 is 11.6 Å². The summed E-state index contributed by atoms with van der Waals surface area (Å²) in [5, 5.41) is 4.78. The molecule has 2 saturated heterocycles. The molecule has 1 aromatic rings. The molecule has 3 nitrogen and oxygen atoms in total. The van der Waals surface area contributed by atoms with Crippen LogP contribution in [-0.4, -0.2) is 54.2 Å². The molecule has 2 heterocycles. The molecule has 3 fully saturated rings. The van der Waals surface area contributed by atoms with Gasteiger partial charge in [-0.2, -0.15) is 0 Å². The maximum atomic E-state index is 6.47. The van der Waals surface area contributed by atoms with Crippen LogP contribution in [0, 0.1) is 0 Å². The Bertz CT molecular complexity index is 552. The fourth-order valence-electron chi connectivity index (χ4n) is 4.76. The Hall–Kier alpha value is -0.610. The zero-order chi connectivity index (χ0) is 16.4. The lowest BCUT2D eigenvalue weighted by Gasteiger charge is -2.42. The minimum Gasteiger partial charge on any atom is -0.299 e. The zero-order valence-corrected chi connectivity index (χ0v) is 15.4. The Labute approximate surface area is 151 Å². The van der Waals surface area contributed by atoms with Crippen LogP contribution < -0.4 is 5.32 Å². The summed E-state index contributed by atoms with van der Waals surface area (Å²) >= 11 is 6.47. The first-order valence-corrected chi connectivity index (χ1v) is 10.1. The quantitative estimate of drug-likeness (QED) is 0.899. The Balaban J connectivity index is 1.49. The molecule has 4 rings (SSSR count). The van der Waals surface area contributed by atoms with E-state index in [1.165, 1.54) is 70.3 Å². The van der Waals surface area contributed by atoms with Gasteiger partial charge >= 0.3 is 0 Å². The van der Waals surface area contributed by atoms with Crippen LogP contribution >= 0.6 is 11.6 Å². The third-order valence-corrected chi connectivity index (χ3v) is 6.76. The van der Waals surface area contributed by atoms with Gasteiger partial charge in [0, 0.05) is 37.1 Å². The third-order valence-electron chi connectivity index (χ3n) is 6.39. The van der Waals surface area contributed by atoms with Gasteiger partial charge in [0.25, 0.3) is 0 Å². The predicted octanol–water partition coefficient (Wildman–Crippen LogP) is 3.52. The number of halogens is 1. The molecule has 1 aliphatic carbocycles. The van der Waals surface area contributed by atoms with E-state index in [0.717, 1.165) is 24.0 Å². The summed E-state index contributed by atoms with van der Waals surface area (Å²) in [6.07, 6.45) is 9.10. The Morgan fingerprint density at radius 2 is 1.92 bits per heavy atom. The van der Waals surface area contributed by atoms with E-state index < -0.39 is 0 Å². The van der Waals surface area contributed by atoms with Crippen molar-refractivity contribution in [1.29, 1.82) is 0 Å². The van der Waals surface area contributed by atoms with E-state index in [1.54, 1.807) is 0 Å². The lowest BCUT2D eigenvalue weighted by atomic mass is 9.91. The first-order valence-electron chi connectivity index (χ1n) is 9.74. The summed E-state index contributed by atoms with van der Waals surface area (Å²) in [6, 6.07) is 9.25. The monoisotopic (exact) mass is 347 g/mol. The van der Waals surface area contributed by atoms with Gasteiger partial charge in [0.15, 0.2) is 0 Å². The molecule has 132 valence electrons. The van der Waals surface area contributed by atoms with Gasteiger partial charge in [-0.3, -0.25) is 15.1 Å². The smallest absolute Gasteiger partial charge is 0.0755 e. The molecular weight excluding hydrogens is 318 g/mol. The van der Waals surface area contributed by atoms with E-state index in [4.69, 9.17) is 11.6 Å². The van der Waals surface area contributed by atoms with E-state index in [0.29, 0.717) is 0 Å². The molecule has 1 atom stereocenters. The van der Waals surface area contributed by atoms with E-state index >= 15 is 0 Å². The largest absolute Gasteiger partial charge is 0.299 e. The van der Waals surface area contributed by atoms with E-state index in [-0.39, 0.29) is 5.66 Å². The highest BCUT2D eigenvalue weighted by Crippen LogP contribution is 2.32. The second-order valence-electron chi connectivity index (χ2n) is 7.79. The van der Waals surface area contributed by atoms with Gasteiger partial charge in [-0.15, -0.1) is 0 Å². The molecule has 24 heavy (non-hydrogen) atoms. The van der Waals surface area contributed by atoms with Crippen molar-refractivity contribution in [3.63, 3.8) is 0 Å². The Kier molecular flexibility index (Phi) is 5.14. The fourth-order valence-corrected chi connectivity index (χ4v) is 4.96. The van der Waals surface area contributed by atoms with E-state index in [9.17, 15) is 0 Å². The minimum atomic E-state index is 0.112. The van der Waals surface area contributed by atoms with Gasteiger partial charge in [0.05, 0.1) is 5.66 Å². The summed E-state index contributed by atoms with van der Waals surface area (Å²) in [4.78, 5) is 5.49. The number of hydrogen-bond acceptors (Lipinski definition) is 3. The maximum absolute atomic E-state index is 6.47. The summed E-state index contributed by atoms with van der Waals surface area (Å²) in [5.74, 6) is 0. The molecule has 2 aliphatic heterocycles. The lowest BCUT2D eigenvalue weighted by molar-refractivity contribution is 0.0682. The van der Waals surface area contributed by atoms with Crippen molar-refractivity contribution < 1.29 is 0 Å². The van der Waals surface area contributed by atoms with Gasteiger partial charge in [-0.25, -0.2) is 0 Å². The summed E-state index contributed by atoms with van der Waals surface area (Å²) < 4.78 is 0. The fraction of sp³-hybridized carbons (Fsp3) is 0.700. The highest BCUT2D eigenvalue weighted by Gasteiger charge is 2.40. The van der Waals surface area contributed by atoms with Crippen molar-refractivity contribution in [3.05, 3.63) is 34.9 Å². The molecule has 0 spiro atoms. The topological polar surface area (TPSA) is 18.5 Å². The van der Waals surface area contributed by atoms with Crippen molar-refractivity contribution in [2.24, 2.45) is 0 Å². The van der Waals surface area contributed by atoms with Crippen LogP contribution in [0.4, 0.5) is 0 Å². The molecule has 0 amide bonds. The number of nitrogens with zero attached hydrogens (tertiary/aromatic N) is 2. The standard InChI is InChI=1S/C20H30ClN3/c21-19-9-2-1-6-17(19)16-20(10-4-11-22-20)24-13-5-12-23(14-15-24)18-7-3-8-18/h1-2,6,9,18,22H,3-5,7-8,10-16H2. The van der Waals surface area contributed by atoms with Gasteiger partial charge in [-0.1, -0.05) is 36.2 Å². The zero-order valence-electron chi connectivity index (χ0n) is 14.6. The van der Waals surface area contributed by atoms with Gasteiger partial charge in [0.2, 0.25) is 0 Å². The first-order chi connectivity index (χ1) is 11.8. The van der Waals surface area contributed by atoms with Crippen LogP contribution in [0.1, 0.15) is 44.1 Å². The van der Waals surface area contributed by atoms with Crippen molar-refractivity contribution in [3.8, 4) is 0 Å². The predicted molar refractivity (Wildman–Crippen MR) is 101 cm³/mol. The third kappa shape index (κ3) is 3.37. The summed E-state index contributed by atoms with van der Waals surface area (Å²) in [7, 11) is 0. The van der Waals surface area contributed by atoms with Gasteiger partial charge in [0.1, 0.15) is 0 Å². The second kappa shape index (κ2) is 7.33. The molecular formula is C20H30ClN3. The molecule has 3 aliphatic rings. The first kappa shape index (κ1) is 16.8. The highest BCUT2D eigenvalue weighted by molar-refractivity contribution is 6.31. The molecule has 4 heteroatoms. The average Bonchev–Trinajstić information content (AvgIpc) is 2.87. The molecule has 0 aromatic heterocycles. The molecule has 0 radical (unpaired) electrons. The SMILES string of the molecule is Clc1ccccc1CC1(N2CCCN(C3CCC3)CC2)CCCN1. The van der Waals surface area contributed by atoms with Crippen LogP contribution in [0.25, 0.3) is 0 Å². The van der Waals surface area contributed by atoms with Crippen molar-refractivity contribution in [1.82, 2.24) is 15.1 Å². The summed E-state index contributed by atoms with van der Waals surface area (Å²) in [5.41, 5.74) is 1.40. The number of nitrogens with one attached hydrogen (secondary N) is 1. The van der Waals surface area contributed by atoms with Crippen molar-refractivity contribution in [2.45, 2.75) is 56.7 Å². The van der Waals surface area contributed by atoms with Gasteiger partial charge < -0.3 is 0 Å². The second-order valence-corrected chi connectivity index (χ2v) is 8.20. The van der Waals surface area contributed by atoms with E-state index in [1.807, 2.05) is 12.1 Å². The molecule has 1 N–H and O–H groups in total. The number of hydrogen-bond donors (Lipinski definition) is 1. The van der Waals surface area contributed by atoms with Crippen LogP contribution in [0.15, 0.2) is 24.3 Å². The molecule has 1 unspecified atom stereocenters. The van der Waals surface area contributed by atoms with Crippen LogP contribution in [0.2, 0.25) is 5.02 Å². The molecule has 0 bridgehead atoms. The van der Waals surface area contributed by atoms with Crippen LogP contribution in [-0.2, 0) is 6.42 Å². The van der Waals surface area contributed by atoms with E-state index in [2.05, 4.69) is 27.2 Å². The van der Waals surface area contributed by atoms with Gasteiger partial charge in [-0.05, 0) is 56.8 Å². The Morgan fingerprint density at radius 3 is 2.62 bits per heavy atom. The molecule has 1 saturated carbocycles. The normalized spacial score (nSPS) is 30.2. The molecule has 1 aromatic carbocycles. The average molecular weight is 348 g/mol. The maximum Gasteiger partial charge on any atom is 0.0755 e. The van der Waals surface area contributed by atoms with Crippen molar-refractivity contribution in [2.75, 3.05) is 32.7 Å². The number of rotatable bonds is 4. The Morgan fingerprint density at radius 1 is 1.04 bits per heavy atom. The minimum absolute atomic E-state index is 0.112. The number of benzene rings is 1. The van der Waals surface area contributed by atoms with Crippen LogP contribution in [0.3, 0.4) is 0 Å².